The molecule has 10 heavy (non-hydrogen) atoms. The minimum atomic E-state index is -1.54. The highest BCUT2D eigenvalue weighted by Crippen LogP contribution is 1.90. The smallest absolute Gasteiger partial charge is 0.320 e. The van der Waals surface area contributed by atoms with Gasteiger partial charge in [0.25, 0.3) is 0 Å². The molecule has 0 heterocycles. The van der Waals surface area contributed by atoms with Gasteiger partial charge in [-0.1, -0.05) is 0 Å². The summed E-state index contributed by atoms with van der Waals surface area (Å²) in [6.07, 6.45) is -0.709. The van der Waals surface area contributed by atoms with E-state index in [0.29, 0.717) is 0 Å². The van der Waals surface area contributed by atoms with E-state index in [1.165, 1.54) is 0 Å². The molecule has 0 aromatic heterocycles. The number of carboxylic acids is 2. The molecule has 6 nitrogen and oxygen atoms in total. The fourth-order valence-corrected chi connectivity index (χ4v) is 0.354. The van der Waals surface area contributed by atoms with Gasteiger partial charge in [-0.05, 0) is 0 Å². The van der Waals surface area contributed by atoms with Crippen molar-refractivity contribution >= 4 is 11.9 Å². The predicted octanol–water partition coefficient (Wildman–Crippen LogP) is -0.998. The molecule has 0 aromatic carbocycles. The minimum Gasteiger partial charge on any atom is -0.787 e. The third-order valence-electron chi connectivity index (χ3n) is 0.819. The average molecular weight is 148 g/mol. The third-order valence-corrected chi connectivity index (χ3v) is 0.819. The highest BCUT2D eigenvalue weighted by atomic mass is 16.5. The van der Waals surface area contributed by atoms with Crippen LogP contribution in [0, 0.1) is 5.21 Å². The van der Waals surface area contributed by atoms with E-state index < -0.39 is 24.4 Å². The Morgan fingerprint density at radius 3 is 2.10 bits per heavy atom. The predicted molar refractivity (Wildman–Crippen MR) is 30.2 cm³/mol. The first kappa shape index (κ1) is 8.86. The van der Waals surface area contributed by atoms with Crippen molar-refractivity contribution < 1.29 is 19.8 Å². The molecule has 0 amide bonds. The lowest BCUT2D eigenvalue weighted by Gasteiger charge is -2.14. The molecule has 0 saturated heterocycles. The lowest BCUT2D eigenvalue weighted by Crippen LogP contribution is -2.34. The van der Waals surface area contributed by atoms with Crippen LogP contribution in [-0.2, 0) is 9.59 Å². The summed E-state index contributed by atoms with van der Waals surface area (Å²) in [5.74, 6) is -2.78. The summed E-state index contributed by atoms with van der Waals surface area (Å²) in [5, 5.41) is 25.8. The first-order valence-electron chi connectivity index (χ1n) is 2.40. The number of carboxylic acid groups (broad SMARTS) is 2. The fraction of sp³-hybridized carbons (Fsp3) is 0.500. The van der Waals surface area contributed by atoms with Gasteiger partial charge in [-0.15, -0.1) is 0 Å². The van der Waals surface area contributed by atoms with Gasteiger partial charge in [-0.25, -0.2) is 0 Å². The van der Waals surface area contributed by atoms with Crippen LogP contribution in [0.3, 0.4) is 0 Å². The van der Waals surface area contributed by atoms with Gasteiger partial charge in [0.05, 0.1) is 6.42 Å². The highest BCUT2D eigenvalue weighted by Gasteiger charge is 2.15. The van der Waals surface area contributed by atoms with Gasteiger partial charge in [0.15, 0.2) is 0 Å². The summed E-state index contributed by atoms with van der Waals surface area (Å²) >= 11 is 0. The summed E-state index contributed by atoms with van der Waals surface area (Å²) in [6.45, 7) is 0. The Labute approximate surface area is 56.0 Å². The largest absolute Gasteiger partial charge is 0.787 e. The van der Waals surface area contributed by atoms with Crippen molar-refractivity contribution in [1.82, 2.24) is 5.48 Å². The number of hydrogen-bond acceptors (Lipinski definition) is 4. The molecule has 0 aliphatic carbocycles. The van der Waals surface area contributed by atoms with Crippen LogP contribution in [0.5, 0.6) is 0 Å². The van der Waals surface area contributed by atoms with E-state index >= 15 is 0 Å². The van der Waals surface area contributed by atoms with E-state index in [0.717, 1.165) is 5.48 Å². The molecule has 0 aliphatic heterocycles. The molecule has 0 fully saturated rings. The molecule has 0 rings (SSSR count). The number of nitrogens with one attached hydrogen (secondary N) is 1. The second kappa shape index (κ2) is 3.80. The molecular weight excluding hydrogens is 142 g/mol. The zero-order valence-electron chi connectivity index (χ0n) is 4.90. The van der Waals surface area contributed by atoms with Gasteiger partial charge < -0.3 is 20.9 Å². The third kappa shape index (κ3) is 3.00. The van der Waals surface area contributed by atoms with Gasteiger partial charge in [0.1, 0.15) is 6.04 Å². The van der Waals surface area contributed by atoms with Crippen LogP contribution in [0.25, 0.3) is 0 Å². The number of carbonyl (C=O) groups is 2. The standard InChI is InChI=1S/C4H6NO5/c6-3(7)1-2(5-10)4(8)9/h2,5H,1H2,(H,6,7)(H,8,9)/q-1/t2-/m1/s1. The van der Waals surface area contributed by atoms with Crippen LogP contribution < -0.4 is 5.48 Å². The molecule has 3 N–H and O–H groups in total. The molecule has 0 radical (unpaired) electrons. The van der Waals surface area contributed by atoms with Gasteiger partial charge in [0, 0.05) is 0 Å². The molecule has 0 aliphatic rings. The molecule has 0 saturated carbocycles. The topological polar surface area (TPSA) is 110 Å². The highest BCUT2D eigenvalue weighted by molar-refractivity contribution is 5.80. The Morgan fingerprint density at radius 2 is 2.00 bits per heavy atom. The summed E-state index contributed by atoms with van der Waals surface area (Å²) in [7, 11) is 0. The van der Waals surface area contributed by atoms with Crippen molar-refractivity contribution in [3.8, 4) is 0 Å². The molecule has 0 bridgehead atoms. The maximum Gasteiger partial charge on any atom is 0.320 e. The van der Waals surface area contributed by atoms with E-state index in [4.69, 9.17) is 10.2 Å². The first-order chi connectivity index (χ1) is 4.57. The number of aliphatic carboxylic acids is 2. The summed E-state index contributed by atoms with van der Waals surface area (Å²) in [4.78, 5) is 19.8. The van der Waals surface area contributed by atoms with E-state index in [1.807, 2.05) is 0 Å². The molecule has 6 heteroatoms. The van der Waals surface area contributed by atoms with Crippen LogP contribution in [0.4, 0.5) is 0 Å². The van der Waals surface area contributed by atoms with Gasteiger partial charge in [-0.3, -0.25) is 9.59 Å². The van der Waals surface area contributed by atoms with Gasteiger partial charge in [0.2, 0.25) is 0 Å². The SMILES string of the molecule is O=C(O)C[C@@H](N[O-])C(=O)O. The van der Waals surface area contributed by atoms with Crippen molar-refractivity contribution in [2.45, 2.75) is 12.5 Å². The van der Waals surface area contributed by atoms with Crippen LogP contribution >= 0.6 is 0 Å². The van der Waals surface area contributed by atoms with E-state index in [1.54, 1.807) is 0 Å². The molecule has 58 valence electrons. The lowest BCUT2D eigenvalue weighted by atomic mass is 10.2. The van der Waals surface area contributed by atoms with Gasteiger partial charge >= 0.3 is 11.9 Å². The maximum absolute atomic E-state index is 9.94. The van der Waals surface area contributed by atoms with Crippen LogP contribution in [-0.4, -0.2) is 28.2 Å². The van der Waals surface area contributed by atoms with E-state index in [2.05, 4.69) is 0 Å². The average Bonchev–Trinajstić information content (AvgIpc) is 1.81. The fourth-order valence-electron chi connectivity index (χ4n) is 0.354. The first-order valence-corrected chi connectivity index (χ1v) is 2.40. The quantitative estimate of drug-likeness (QED) is 0.441. The zero-order valence-corrected chi connectivity index (χ0v) is 4.90. The van der Waals surface area contributed by atoms with Gasteiger partial charge in [-0.2, -0.15) is 0 Å². The van der Waals surface area contributed by atoms with Crippen molar-refractivity contribution in [3.63, 3.8) is 0 Å². The number of hydrogen-bond donors (Lipinski definition) is 3. The number of rotatable bonds is 4. The molecule has 1 atom stereocenters. The maximum atomic E-state index is 9.94. The normalized spacial score (nSPS) is 12.5. The summed E-state index contributed by atoms with van der Waals surface area (Å²) < 4.78 is 0. The Hall–Kier alpha value is -1.14. The van der Waals surface area contributed by atoms with Crippen molar-refractivity contribution in [2.24, 2.45) is 0 Å². The Kier molecular flexibility index (Phi) is 3.37. The van der Waals surface area contributed by atoms with Crippen molar-refractivity contribution in [1.29, 1.82) is 0 Å². The molecule has 0 unspecified atom stereocenters. The van der Waals surface area contributed by atoms with E-state index in [-0.39, 0.29) is 0 Å². The Balaban J connectivity index is 3.83. The van der Waals surface area contributed by atoms with Crippen LogP contribution in [0.15, 0.2) is 0 Å². The Bertz CT molecular complexity index is 145. The van der Waals surface area contributed by atoms with Crippen LogP contribution in [0.2, 0.25) is 0 Å². The van der Waals surface area contributed by atoms with E-state index in [9.17, 15) is 14.8 Å². The second-order valence-corrected chi connectivity index (χ2v) is 1.61. The minimum absolute atomic E-state index is 0.709. The second-order valence-electron chi connectivity index (χ2n) is 1.61. The zero-order chi connectivity index (χ0) is 8.15. The molecule has 0 aromatic rings. The summed E-state index contributed by atoms with van der Waals surface area (Å²) in [6, 6.07) is -1.54. The molecule has 0 spiro atoms. The summed E-state index contributed by atoms with van der Waals surface area (Å²) in [5.41, 5.74) is 1.10. The Morgan fingerprint density at radius 1 is 1.50 bits per heavy atom. The molecular formula is C4H6NO5-. The van der Waals surface area contributed by atoms with Crippen LogP contribution in [0.1, 0.15) is 6.42 Å². The monoisotopic (exact) mass is 148 g/mol. The lowest BCUT2D eigenvalue weighted by molar-refractivity contribution is -0.145. The number of hydroxylamine groups is 1. The van der Waals surface area contributed by atoms with Crippen molar-refractivity contribution in [2.75, 3.05) is 0 Å². The van der Waals surface area contributed by atoms with Crippen molar-refractivity contribution in [3.05, 3.63) is 5.21 Å².